The maximum atomic E-state index is 10.4. The highest BCUT2D eigenvalue weighted by molar-refractivity contribution is 5.46. The molecule has 2 aromatic heterocycles. The van der Waals surface area contributed by atoms with E-state index < -0.39 is 4.92 Å². The van der Waals surface area contributed by atoms with Gasteiger partial charge < -0.3 is 14.2 Å². The molecule has 2 rings (SSSR count). The lowest BCUT2D eigenvalue weighted by Crippen LogP contribution is -2.11. The largest absolute Gasteiger partial charge is 0.442 e. The Morgan fingerprint density at radius 3 is 3.00 bits per heavy atom. The summed E-state index contributed by atoms with van der Waals surface area (Å²) in [5.74, 6) is 0.164. The first-order valence-corrected chi connectivity index (χ1v) is 5.10. The molecule has 0 bridgehead atoms. The molecule has 2 aromatic rings. The Bertz CT molecular complexity index is 517. The molecule has 0 spiro atoms. The normalized spacial score (nSPS) is 10.6. The number of hydrogen-bond donors (Lipinski definition) is 1. The topological polar surface area (TPSA) is 94.3 Å². The van der Waals surface area contributed by atoms with Crippen molar-refractivity contribution in [3.05, 3.63) is 34.2 Å². The van der Waals surface area contributed by atoms with E-state index in [-0.39, 0.29) is 17.5 Å². The van der Waals surface area contributed by atoms with Crippen molar-refractivity contribution in [3.63, 3.8) is 0 Å². The molecule has 0 aliphatic heterocycles. The van der Waals surface area contributed by atoms with Crippen LogP contribution in [0, 0.1) is 10.1 Å². The molecule has 0 atom stereocenters. The molecule has 0 radical (unpaired) electrons. The Morgan fingerprint density at radius 1 is 1.53 bits per heavy atom. The van der Waals surface area contributed by atoms with Crippen LogP contribution in [0.15, 0.2) is 27.2 Å². The molecule has 7 nitrogen and oxygen atoms in total. The summed E-state index contributed by atoms with van der Waals surface area (Å²) in [5.41, 5.74) is 0.723. The van der Waals surface area contributed by atoms with Gasteiger partial charge in [-0.15, -0.1) is 0 Å². The Balaban J connectivity index is 2.15. The van der Waals surface area contributed by atoms with E-state index in [1.807, 2.05) is 6.92 Å². The number of furan rings is 1. The van der Waals surface area contributed by atoms with Gasteiger partial charge in [-0.3, -0.25) is 10.1 Å². The first-order valence-electron chi connectivity index (χ1n) is 5.10. The van der Waals surface area contributed by atoms with E-state index in [0.717, 1.165) is 12.2 Å². The third kappa shape index (κ3) is 2.51. The smallest absolute Gasteiger partial charge is 0.433 e. The molecule has 1 N–H and O–H groups in total. The van der Waals surface area contributed by atoms with Crippen LogP contribution < -0.4 is 5.32 Å². The van der Waals surface area contributed by atoms with Gasteiger partial charge in [0.15, 0.2) is 5.76 Å². The molecule has 0 aliphatic carbocycles. The minimum Gasteiger partial charge on any atom is -0.442 e. The van der Waals surface area contributed by atoms with Crippen LogP contribution in [0.1, 0.15) is 12.6 Å². The van der Waals surface area contributed by atoms with Gasteiger partial charge in [0.2, 0.25) is 0 Å². The standard InChI is InChI=1S/C10H11N3O4/c1-2-11-5-7-6-16-10(12-7)8-3-4-9(17-8)13(14)15/h3-4,6,11H,2,5H2,1H3. The summed E-state index contributed by atoms with van der Waals surface area (Å²) in [6.45, 7) is 3.40. The second-order valence-electron chi connectivity index (χ2n) is 3.32. The lowest BCUT2D eigenvalue weighted by Gasteiger charge is -1.93. The zero-order valence-electron chi connectivity index (χ0n) is 9.17. The minimum atomic E-state index is -0.605. The van der Waals surface area contributed by atoms with Crippen molar-refractivity contribution >= 4 is 5.88 Å². The molecule has 0 saturated heterocycles. The predicted octanol–water partition coefficient (Wildman–Crippen LogP) is 1.95. The second kappa shape index (κ2) is 4.79. The highest BCUT2D eigenvalue weighted by Crippen LogP contribution is 2.25. The van der Waals surface area contributed by atoms with Crippen LogP contribution in [0.2, 0.25) is 0 Å². The molecule has 0 aliphatic rings. The van der Waals surface area contributed by atoms with Crippen molar-refractivity contribution in [1.82, 2.24) is 10.3 Å². The Kier molecular flexibility index (Phi) is 3.20. The Hall–Kier alpha value is -2.15. The zero-order valence-corrected chi connectivity index (χ0v) is 9.17. The quantitative estimate of drug-likeness (QED) is 0.630. The molecule has 0 fully saturated rings. The lowest BCUT2D eigenvalue weighted by atomic mass is 10.4. The summed E-state index contributed by atoms with van der Waals surface area (Å²) < 4.78 is 10.1. The van der Waals surface area contributed by atoms with Gasteiger partial charge in [-0.2, -0.15) is 0 Å². The molecular formula is C10H11N3O4. The summed E-state index contributed by atoms with van der Waals surface area (Å²) in [4.78, 5) is 14.0. The van der Waals surface area contributed by atoms with Gasteiger partial charge >= 0.3 is 5.88 Å². The van der Waals surface area contributed by atoms with Crippen molar-refractivity contribution in [2.24, 2.45) is 0 Å². The van der Waals surface area contributed by atoms with Gasteiger partial charge in [0.05, 0.1) is 11.8 Å². The highest BCUT2D eigenvalue weighted by atomic mass is 16.6. The van der Waals surface area contributed by atoms with Gasteiger partial charge in [0.1, 0.15) is 11.2 Å². The van der Waals surface area contributed by atoms with Gasteiger partial charge in [0, 0.05) is 6.54 Å². The summed E-state index contributed by atoms with van der Waals surface area (Å²) in [7, 11) is 0. The van der Waals surface area contributed by atoms with Crippen molar-refractivity contribution in [1.29, 1.82) is 0 Å². The fourth-order valence-corrected chi connectivity index (χ4v) is 1.30. The zero-order chi connectivity index (χ0) is 12.3. The average molecular weight is 237 g/mol. The fraction of sp³-hybridized carbons (Fsp3) is 0.300. The molecule has 17 heavy (non-hydrogen) atoms. The number of nitrogens with one attached hydrogen (secondary N) is 1. The van der Waals surface area contributed by atoms with E-state index >= 15 is 0 Å². The van der Waals surface area contributed by atoms with Gasteiger partial charge in [-0.05, 0) is 12.6 Å². The summed E-state index contributed by atoms with van der Waals surface area (Å²) in [5, 5.41) is 13.5. The molecule has 0 aromatic carbocycles. The molecule has 0 amide bonds. The van der Waals surface area contributed by atoms with Crippen LogP contribution in [0.4, 0.5) is 5.88 Å². The van der Waals surface area contributed by atoms with E-state index in [1.54, 1.807) is 0 Å². The monoisotopic (exact) mass is 237 g/mol. The third-order valence-corrected chi connectivity index (χ3v) is 2.09. The second-order valence-corrected chi connectivity index (χ2v) is 3.32. The summed E-state index contributed by atoms with van der Waals surface area (Å²) in [6, 6.07) is 2.73. The predicted molar refractivity (Wildman–Crippen MR) is 58.2 cm³/mol. The van der Waals surface area contributed by atoms with Gasteiger partial charge in [-0.1, -0.05) is 6.92 Å². The van der Waals surface area contributed by atoms with Crippen LogP contribution in [0.3, 0.4) is 0 Å². The first kappa shape index (κ1) is 11.3. The molecule has 2 heterocycles. The van der Waals surface area contributed by atoms with Crippen molar-refractivity contribution < 1.29 is 13.8 Å². The fourth-order valence-electron chi connectivity index (χ4n) is 1.30. The van der Waals surface area contributed by atoms with E-state index in [9.17, 15) is 10.1 Å². The lowest BCUT2D eigenvalue weighted by molar-refractivity contribution is -0.401. The van der Waals surface area contributed by atoms with Crippen molar-refractivity contribution in [2.75, 3.05) is 6.54 Å². The first-order chi connectivity index (χ1) is 8.20. The van der Waals surface area contributed by atoms with Crippen LogP contribution in [0.5, 0.6) is 0 Å². The van der Waals surface area contributed by atoms with E-state index in [4.69, 9.17) is 8.83 Å². The summed E-state index contributed by atoms with van der Waals surface area (Å²) in [6.07, 6.45) is 1.49. The molecule has 0 saturated carbocycles. The number of nitro groups is 1. The average Bonchev–Trinajstić information content (AvgIpc) is 2.94. The number of oxazole rings is 1. The van der Waals surface area contributed by atoms with E-state index in [2.05, 4.69) is 10.3 Å². The molecule has 7 heteroatoms. The molecule has 90 valence electrons. The van der Waals surface area contributed by atoms with Crippen molar-refractivity contribution in [2.45, 2.75) is 13.5 Å². The van der Waals surface area contributed by atoms with Crippen molar-refractivity contribution in [3.8, 4) is 11.7 Å². The molecule has 0 unspecified atom stereocenters. The Labute approximate surface area is 96.6 Å². The molecular weight excluding hydrogens is 226 g/mol. The van der Waals surface area contributed by atoms with Gasteiger partial charge in [0.25, 0.3) is 5.89 Å². The van der Waals surface area contributed by atoms with Crippen LogP contribution in [-0.2, 0) is 6.54 Å². The SMILES string of the molecule is CCNCc1coc(-c2ccc([N+](=O)[O-])o2)n1. The maximum absolute atomic E-state index is 10.4. The van der Waals surface area contributed by atoms with Gasteiger partial charge in [-0.25, -0.2) is 4.98 Å². The van der Waals surface area contributed by atoms with E-state index in [1.165, 1.54) is 18.4 Å². The maximum Gasteiger partial charge on any atom is 0.433 e. The van der Waals surface area contributed by atoms with E-state index in [0.29, 0.717) is 6.54 Å². The number of rotatable bonds is 5. The van der Waals surface area contributed by atoms with Crippen LogP contribution in [0.25, 0.3) is 11.7 Å². The highest BCUT2D eigenvalue weighted by Gasteiger charge is 2.16. The minimum absolute atomic E-state index is 0.242. The van der Waals surface area contributed by atoms with Crippen LogP contribution in [-0.4, -0.2) is 16.5 Å². The number of nitrogens with zero attached hydrogens (tertiary/aromatic N) is 2. The Morgan fingerprint density at radius 2 is 2.35 bits per heavy atom. The number of hydrogen-bond acceptors (Lipinski definition) is 6. The van der Waals surface area contributed by atoms with Crippen LogP contribution >= 0.6 is 0 Å². The number of aromatic nitrogens is 1. The third-order valence-electron chi connectivity index (χ3n) is 2.09. The summed E-state index contributed by atoms with van der Waals surface area (Å²) >= 11 is 0.